The van der Waals surface area contributed by atoms with Gasteiger partial charge in [-0.25, -0.2) is 0 Å². The largest absolute Gasteiger partial charge is 0.389 e. The van der Waals surface area contributed by atoms with Crippen LogP contribution < -0.4 is 11.1 Å². The number of thiocarbonyl (C=S) groups is 1. The van der Waals surface area contributed by atoms with E-state index >= 15 is 0 Å². The van der Waals surface area contributed by atoms with Gasteiger partial charge in [-0.3, -0.25) is 9.69 Å². The van der Waals surface area contributed by atoms with Crippen LogP contribution in [0.5, 0.6) is 0 Å². The molecule has 4 N–H and O–H groups in total. The van der Waals surface area contributed by atoms with Crippen molar-refractivity contribution in [3.63, 3.8) is 0 Å². The van der Waals surface area contributed by atoms with Crippen molar-refractivity contribution in [3.05, 3.63) is 29.8 Å². The molecule has 0 saturated carbocycles. The van der Waals surface area contributed by atoms with Gasteiger partial charge in [-0.2, -0.15) is 0 Å². The molecule has 116 valence electrons. The molecule has 0 aliphatic carbocycles. The molecule has 1 amide bonds. The van der Waals surface area contributed by atoms with Gasteiger partial charge in [0.05, 0.1) is 11.6 Å². The number of carbonyl (C=O) groups excluding carboxylic acids is 1. The third-order valence-electron chi connectivity index (χ3n) is 3.09. The second kappa shape index (κ2) is 6.98. The van der Waals surface area contributed by atoms with Crippen LogP contribution in [0.25, 0.3) is 0 Å². The van der Waals surface area contributed by atoms with Gasteiger partial charge < -0.3 is 16.2 Å². The maximum atomic E-state index is 12.2. The molecule has 1 rings (SSSR count). The van der Waals surface area contributed by atoms with Crippen LogP contribution in [0.1, 0.15) is 26.3 Å². The number of nitrogens with zero attached hydrogens (tertiary/aromatic N) is 1. The Morgan fingerprint density at radius 2 is 2.14 bits per heavy atom. The van der Waals surface area contributed by atoms with E-state index in [1.165, 1.54) is 0 Å². The van der Waals surface area contributed by atoms with Crippen LogP contribution in [0.15, 0.2) is 24.3 Å². The second-order valence-corrected chi connectivity index (χ2v) is 6.28. The predicted molar refractivity (Wildman–Crippen MR) is 89.3 cm³/mol. The fourth-order valence-corrected chi connectivity index (χ4v) is 2.07. The fraction of sp³-hybridized carbons (Fsp3) is 0.467. The first kappa shape index (κ1) is 17.6. The second-order valence-electron chi connectivity index (χ2n) is 5.84. The predicted octanol–water partition coefficient (Wildman–Crippen LogP) is 1.35. The topological polar surface area (TPSA) is 78.6 Å². The minimum absolute atomic E-state index is 0.151. The summed E-state index contributed by atoms with van der Waals surface area (Å²) in [5, 5.41) is 12.6. The van der Waals surface area contributed by atoms with E-state index in [0.29, 0.717) is 22.8 Å². The number of anilines is 1. The van der Waals surface area contributed by atoms with Gasteiger partial charge in [-0.05, 0) is 40.0 Å². The average molecular weight is 309 g/mol. The van der Waals surface area contributed by atoms with E-state index in [4.69, 9.17) is 18.0 Å². The van der Waals surface area contributed by atoms with Crippen LogP contribution in [0, 0.1) is 0 Å². The van der Waals surface area contributed by atoms with Crippen LogP contribution >= 0.6 is 12.2 Å². The zero-order valence-electron chi connectivity index (χ0n) is 12.9. The van der Waals surface area contributed by atoms with Crippen LogP contribution in [0.4, 0.5) is 5.69 Å². The number of aliphatic hydroxyl groups is 1. The minimum Gasteiger partial charge on any atom is -0.389 e. The Balaban J connectivity index is 2.72. The van der Waals surface area contributed by atoms with Gasteiger partial charge in [0.15, 0.2) is 0 Å². The highest BCUT2D eigenvalue weighted by Gasteiger charge is 2.23. The number of hydrogen-bond donors (Lipinski definition) is 3. The summed E-state index contributed by atoms with van der Waals surface area (Å²) >= 11 is 4.92. The molecular formula is C15H23N3O2S. The average Bonchev–Trinajstić information content (AvgIpc) is 2.36. The van der Waals surface area contributed by atoms with Gasteiger partial charge in [0, 0.05) is 17.8 Å². The van der Waals surface area contributed by atoms with Crippen molar-refractivity contribution >= 4 is 28.8 Å². The van der Waals surface area contributed by atoms with Crippen molar-refractivity contribution in [3.8, 4) is 0 Å². The molecule has 0 aromatic heterocycles. The number of carbonyl (C=O) groups is 1. The Labute approximate surface area is 131 Å². The molecule has 0 radical (unpaired) electrons. The summed E-state index contributed by atoms with van der Waals surface area (Å²) in [4.78, 5) is 14.3. The molecule has 1 unspecified atom stereocenters. The Morgan fingerprint density at radius 1 is 1.52 bits per heavy atom. The molecule has 0 aliphatic heterocycles. The lowest BCUT2D eigenvalue weighted by Gasteiger charge is -2.29. The third kappa shape index (κ3) is 5.79. The Kier molecular flexibility index (Phi) is 5.83. The van der Waals surface area contributed by atoms with Crippen LogP contribution in [-0.4, -0.2) is 46.1 Å². The summed E-state index contributed by atoms with van der Waals surface area (Å²) in [6, 6.07) is 6.73. The third-order valence-corrected chi connectivity index (χ3v) is 3.33. The van der Waals surface area contributed by atoms with Gasteiger partial charge in [0.1, 0.15) is 4.99 Å². The highest BCUT2D eigenvalue weighted by molar-refractivity contribution is 7.80. The molecule has 1 aromatic carbocycles. The molecule has 6 heteroatoms. The van der Waals surface area contributed by atoms with Crippen molar-refractivity contribution in [2.24, 2.45) is 5.73 Å². The number of amides is 1. The lowest BCUT2D eigenvalue weighted by Crippen LogP contribution is -2.46. The number of rotatable bonds is 6. The van der Waals surface area contributed by atoms with E-state index in [0.717, 1.165) is 0 Å². The molecule has 0 bridgehead atoms. The molecule has 0 aliphatic rings. The number of likely N-dealkylation sites (N-methyl/N-ethyl adjacent to an activating group) is 1. The summed E-state index contributed by atoms with van der Waals surface area (Å²) in [7, 11) is 1.80. The first-order valence-corrected chi connectivity index (χ1v) is 7.14. The normalized spacial score (nSPS) is 13.0. The van der Waals surface area contributed by atoms with Crippen molar-refractivity contribution in [2.75, 3.05) is 18.9 Å². The van der Waals surface area contributed by atoms with E-state index in [-0.39, 0.29) is 11.9 Å². The van der Waals surface area contributed by atoms with E-state index in [1.807, 2.05) is 0 Å². The van der Waals surface area contributed by atoms with E-state index in [2.05, 4.69) is 5.32 Å². The number of benzene rings is 1. The van der Waals surface area contributed by atoms with Crippen LogP contribution in [0.3, 0.4) is 0 Å². The molecule has 21 heavy (non-hydrogen) atoms. The lowest BCUT2D eigenvalue weighted by molar-refractivity contribution is -0.121. The summed E-state index contributed by atoms with van der Waals surface area (Å²) in [6.45, 7) is 5.60. The van der Waals surface area contributed by atoms with Crippen molar-refractivity contribution in [2.45, 2.75) is 32.4 Å². The Morgan fingerprint density at radius 3 is 2.67 bits per heavy atom. The molecule has 0 fully saturated rings. The van der Waals surface area contributed by atoms with Gasteiger partial charge in [-0.15, -0.1) is 0 Å². The first-order chi connectivity index (χ1) is 9.60. The molecule has 1 aromatic rings. The molecular weight excluding hydrogens is 286 g/mol. The maximum absolute atomic E-state index is 12.2. The molecule has 0 heterocycles. The van der Waals surface area contributed by atoms with Crippen LogP contribution in [-0.2, 0) is 4.79 Å². The Bertz CT molecular complexity index is 526. The SMILES string of the molecule is CC(C(=O)Nc1cccc(C(N)=S)c1)N(C)CC(C)(C)O. The summed E-state index contributed by atoms with van der Waals surface area (Å²) in [6.07, 6.45) is 0. The zero-order chi connectivity index (χ0) is 16.2. The maximum Gasteiger partial charge on any atom is 0.241 e. The fourth-order valence-electron chi connectivity index (χ4n) is 1.94. The monoisotopic (exact) mass is 309 g/mol. The molecule has 0 saturated heterocycles. The quantitative estimate of drug-likeness (QED) is 0.691. The van der Waals surface area contributed by atoms with Crippen molar-refractivity contribution < 1.29 is 9.90 Å². The highest BCUT2D eigenvalue weighted by Crippen LogP contribution is 2.13. The van der Waals surface area contributed by atoms with Gasteiger partial charge in [-0.1, -0.05) is 24.4 Å². The molecule has 1 atom stereocenters. The zero-order valence-corrected chi connectivity index (χ0v) is 13.7. The molecule has 5 nitrogen and oxygen atoms in total. The Hall–Kier alpha value is -1.50. The van der Waals surface area contributed by atoms with Crippen molar-refractivity contribution in [1.82, 2.24) is 4.90 Å². The van der Waals surface area contributed by atoms with Crippen LogP contribution in [0.2, 0.25) is 0 Å². The van der Waals surface area contributed by atoms with Gasteiger partial charge in [0.2, 0.25) is 5.91 Å². The number of nitrogens with one attached hydrogen (secondary N) is 1. The van der Waals surface area contributed by atoms with Gasteiger partial charge in [0.25, 0.3) is 0 Å². The van der Waals surface area contributed by atoms with Crippen molar-refractivity contribution in [1.29, 1.82) is 0 Å². The standard InChI is InChI=1S/C15H23N3O2S/c1-10(18(4)9-15(2,3)20)14(19)17-12-7-5-6-11(8-12)13(16)21/h5-8,10,20H,9H2,1-4H3,(H2,16,21)(H,17,19). The number of hydrogen-bond acceptors (Lipinski definition) is 4. The summed E-state index contributed by atoms with van der Waals surface area (Å²) in [5.41, 5.74) is 6.08. The molecule has 0 spiro atoms. The lowest BCUT2D eigenvalue weighted by atomic mass is 10.1. The van der Waals surface area contributed by atoms with E-state index in [1.54, 1.807) is 57.0 Å². The first-order valence-electron chi connectivity index (χ1n) is 6.73. The summed E-state index contributed by atoms with van der Waals surface area (Å²) < 4.78 is 0. The smallest absolute Gasteiger partial charge is 0.241 e. The minimum atomic E-state index is -0.852. The van der Waals surface area contributed by atoms with Gasteiger partial charge >= 0.3 is 0 Å². The van der Waals surface area contributed by atoms with E-state index < -0.39 is 5.60 Å². The van der Waals surface area contributed by atoms with E-state index in [9.17, 15) is 9.90 Å². The summed E-state index contributed by atoms with van der Waals surface area (Å²) in [5.74, 6) is -0.151. The number of nitrogens with two attached hydrogens (primary N) is 1. The highest BCUT2D eigenvalue weighted by atomic mass is 32.1.